The molecule has 0 bridgehead atoms. The quantitative estimate of drug-likeness (QED) is 0.695. The van der Waals surface area contributed by atoms with Crippen LogP contribution < -0.4 is 20.7 Å². The number of carbonyl (C=O) groups is 2. The lowest BCUT2D eigenvalue weighted by atomic mass is 10.1. The van der Waals surface area contributed by atoms with E-state index in [0.717, 1.165) is 11.3 Å². The van der Waals surface area contributed by atoms with Gasteiger partial charge in [-0.15, -0.1) is 0 Å². The smallest absolute Gasteiger partial charge is 0.319 e. The van der Waals surface area contributed by atoms with E-state index in [1.165, 1.54) is 0 Å². The number of ether oxygens (including phenoxy) is 1. The number of carbonyl (C=O) groups excluding carboxylic acids is 2. The molecule has 0 radical (unpaired) electrons. The Hall–Kier alpha value is -3.02. The second-order valence-electron chi connectivity index (χ2n) is 7.90. The van der Waals surface area contributed by atoms with Crippen molar-refractivity contribution in [2.75, 3.05) is 5.32 Å². The molecule has 0 unspecified atom stereocenters. The van der Waals surface area contributed by atoms with Crippen molar-refractivity contribution in [2.45, 2.75) is 52.8 Å². The molecule has 2 aromatic carbocycles. The summed E-state index contributed by atoms with van der Waals surface area (Å²) in [7, 11) is 0. The summed E-state index contributed by atoms with van der Waals surface area (Å²) in [6.07, 6.45) is 0.121. The first-order valence-corrected chi connectivity index (χ1v) is 9.35. The van der Waals surface area contributed by atoms with Crippen molar-refractivity contribution < 1.29 is 14.3 Å². The first-order valence-electron chi connectivity index (χ1n) is 9.35. The highest BCUT2D eigenvalue weighted by Gasteiger charge is 2.15. The monoisotopic (exact) mass is 383 g/mol. The van der Waals surface area contributed by atoms with E-state index in [9.17, 15) is 9.59 Å². The zero-order valence-electron chi connectivity index (χ0n) is 17.1. The second-order valence-corrected chi connectivity index (χ2v) is 7.90. The van der Waals surface area contributed by atoms with E-state index >= 15 is 0 Å². The molecule has 0 aliphatic heterocycles. The van der Waals surface area contributed by atoms with Crippen molar-refractivity contribution in [1.82, 2.24) is 10.6 Å². The molecule has 2 rings (SSSR count). The predicted molar refractivity (Wildman–Crippen MR) is 112 cm³/mol. The molecule has 0 aromatic heterocycles. The summed E-state index contributed by atoms with van der Waals surface area (Å²) in [5.41, 5.74) is 1.69. The fourth-order valence-electron chi connectivity index (χ4n) is 2.47. The fraction of sp³-hybridized carbons (Fsp3) is 0.364. The van der Waals surface area contributed by atoms with Crippen LogP contribution in [0, 0.1) is 0 Å². The molecule has 150 valence electrons. The Labute approximate surface area is 166 Å². The third kappa shape index (κ3) is 7.31. The number of benzene rings is 2. The van der Waals surface area contributed by atoms with E-state index in [-0.39, 0.29) is 23.6 Å². The minimum atomic E-state index is -0.337. The van der Waals surface area contributed by atoms with Gasteiger partial charge in [-0.3, -0.25) is 4.79 Å². The lowest BCUT2D eigenvalue weighted by Gasteiger charge is -2.20. The first kappa shape index (κ1) is 21.3. The van der Waals surface area contributed by atoms with Gasteiger partial charge < -0.3 is 20.7 Å². The number of rotatable bonds is 6. The summed E-state index contributed by atoms with van der Waals surface area (Å²) < 4.78 is 5.60. The van der Waals surface area contributed by atoms with Gasteiger partial charge in [0.05, 0.1) is 6.10 Å². The summed E-state index contributed by atoms with van der Waals surface area (Å²) in [4.78, 5) is 24.4. The van der Waals surface area contributed by atoms with Gasteiger partial charge in [-0.1, -0.05) is 18.2 Å². The third-order valence-electron chi connectivity index (χ3n) is 3.62. The largest absolute Gasteiger partial charge is 0.491 e. The van der Waals surface area contributed by atoms with Crippen molar-refractivity contribution in [3.63, 3.8) is 0 Å². The number of hydrogen-bond donors (Lipinski definition) is 3. The fourth-order valence-corrected chi connectivity index (χ4v) is 2.47. The van der Waals surface area contributed by atoms with Gasteiger partial charge in [0, 0.05) is 23.3 Å². The Morgan fingerprint density at radius 2 is 1.71 bits per heavy atom. The molecular formula is C22H29N3O3. The van der Waals surface area contributed by atoms with Crippen molar-refractivity contribution in [1.29, 1.82) is 0 Å². The molecule has 0 fully saturated rings. The number of nitrogens with one attached hydrogen (secondary N) is 3. The van der Waals surface area contributed by atoms with E-state index in [1.54, 1.807) is 24.3 Å². The van der Waals surface area contributed by atoms with E-state index in [2.05, 4.69) is 16.0 Å². The van der Waals surface area contributed by atoms with Gasteiger partial charge in [0.25, 0.3) is 5.91 Å². The van der Waals surface area contributed by atoms with E-state index in [4.69, 9.17) is 4.74 Å². The second kappa shape index (κ2) is 9.26. The van der Waals surface area contributed by atoms with Gasteiger partial charge in [-0.25, -0.2) is 4.79 Å². The zero-order chi connectivity index (χ0) is 20.7. The van der Waals surface area contributed by atoms with Crippen LogP contribution in [0.4, 0.5) is 10.5 Å². The Balaban J connectivity index is 1.89. The van der Waals surface area contributed by atoms with Crippen LogP contribution in [-0.2, 0) is 6.54 Å². The number of anilines is 1. The van der Waals surface area contributed by atoms with Gasteiger partial charge in [-0.2, -0.15) is 0 Å². The van der Waals surface area contributed by atoms with Crippen LogP contribution in [0.3, 0.4) is 0 Å². The van der Waals surface area contributed by atoms with Crippen LogP contribution >= 0.6 is 0 Å². The highest BCUT2D eigenvalue weighted by molar-refractivity contribution is 5.97. The number of urea groups is 1. The minimum Gasteiger partial charge on any atom is -0.491 e. The average Bonchev–Trinajstić information content (AvgIpc) is 2.59. The molecule has 0 aliphatic rings. The Morgan fingerprint density at radius 1 is 1.04 bits per heavy atom. The number of hydrogen-bond acceptors (Lipinski definition) is 3. The van der Waals surface area contributed by atoms with Crippen molar-refractivity contribution >= 4 is 17.6 Å². The molecule has 6 heteroatoms. The van der Waals surface area contributed by atoms with E-state index in [0.29, 0.717) is 17.8 Å². The van der Waals surface area contributed by atoms with Crippen LogP contribution in [0.2, 0.25) is 0 Å². The van der Waals surface area contributed by atoms with Crippen molar-refractivity contribution in [3.8, 4) is 5.75 Å². The third-order valence-corrected chi connectivity index (χ3v) is 3.62. The van der Waals surface area contributed by atoms with Gasteiger partial charge in [0.2, 0.25) is 0 Å². The van der Waals surface area contributed by atoms with Crippen molar-refractivity contribution in [3.05, 3.63) is 59.7 Å². The highest BCUT2D eigenvalue weighted by Crippen LogP contribution is 2.14. The van der Waals surface area contributed by atoms with Gasteiger partial charge in [-0.05, 0) is 70.5 Å². The average molecular weight is 383 g/mol. The number of amides is 3. The van der Waals surface area contributed by atoms with Crippen LogP contribution in [0.5, 0.6) is 5.75 Å². The van der Waals surface area contributed by atoms with Gasteiger partial charge >= 0.3 is 6.03 Å². The maximum atomic E-state index is 12.3. The highest BCUT2D eigenvalue weighted by atomic mass is 16.5. The summed E-state index contributed by atoms with van der Waals surface area (Å²) in [6.45, 7) is 10.1. The standard InChI is InChI=1S/C22H29N3O3/c1-15(2)28-19-11-9-16(10-12-19)14-23-21(27)24-18-8-6-7-17(13-18)20(26)25-22(3,4)5/h6-13,15H,14H2,1-5H3,(H,25,26)(H2,23,24,27). The summed E-state index contributed by atoms with van der Waals surface area (Å²) in [5, 5.41) is 8.46. The summed E-state index contributed by atoms with van der Waals surface area (Å²) in [5.74, 6) is 0.619. The Morgan fingerprint density at radius 3 is 2.32 bits per heavy atom. The molecule has 0 saturated heterocycles. The van der Waals surface area contributed by atoms with Crippen molar-refractivity contribution in [2.24, 2.45) is 0 Å². The molecule has 28 heavy (non-hydrogen) atoms. The summed E-state index contributed by atoms with van der Waals surface area (Å²) >= 11 is 0. The van der Waals surface area contributed by atoms with Crippen LogP contribution in [-0.4, -0.2) is 23.6 Å². The Kier molecular flexibility index (Phi) is 7.04. The zero-order valence-corrected chi connectivity index (χ0v) is 17.1. The molecule has 3 amide bonds. The van der Waals surface area contributed by atoms with Gasteiger partial charge in [0.15, 0.2) is 0 Å². The SMILES string of the molecule is CC(C)Oc1ccc(CNC(=O)Nc2cccc(C(=O)NC(C)(C)C)c2)cc1. The molecule has 0 saturated carbocycles. The maximum absolute atomic E-state index is 12.3. The normalized spacial score (nSPS) is 11.1. The minimum absolute atomic E-state index is 0.121. The van der Waals surface area contributed by atoms with Crippen LogP contribution in [0.15, 0.2) is 48.5 Å². The molecule has 0 aliphatic carbocycles. The molecule has 3 N–H and O–H groups in total. The van der Waals surface area contributed by atoms with Crippen LogP contribution in [0.1, 0.15) is 50.5 Å². The van der Waals surface area contributed by atoms with E-state index in [1.807, 2.05) is 58.9 Å². The molecular weight excluding hydrogens is 354 g/mol. The molecule has 0 heterocycles. The van der Waals surface area contributed by atoms with Gasteiger partial charge in [0.1, 0.15) is 5.75 Å². The maximum Gasteiger partial charge on any atom is 0.319 e. The molecule has 2 aromatic rings. The lowest BCUT2D eigenvalue weighted by molar-refractivity contribution is 0.0919. The first-order chi connectivity index (χ1) is 13.1. The Bertz CT molecular complexity index is 809. The molecule has 6 nitrogen and oxygen atoms in total. The molecule has 0 atom stereocenters. The predicted octanol–water partition coefficient (Wildman–Crippen LogP) is 4.32. The van der Waals surface area contributed by atoms with E-state index < -0.39 is 0 Å². The summed E-state index contributed by atoms with van der Waals surface area (Å²) in [6, 6.07) is 14.1. The van der Waals surface area contributed by atoms with Crippen LogP contribution in [0.25, 0.3) is 0 Å². The molecule has 0 spiro atoms. The lowest BCUT2D eigenvalue weighted by Crippen LogP contribution is -2.40. The topological polar surface area (TPSA) is 79.5 Å².